The molecule has 0 aliphatic heterocycles. The first-order chi connectivity index (χ1) is 15.6. The molecule has 5 rings (SSSR count). The standard InChI is InChI=1S/C25H23N7/c1-4-18-10-11-22-20(14-18)16(2)27-25(29-22)30-24-26-13-12-23(28-24)21-15-32(31-17(21)3)19-8-6-5-7-9-19/h5-15H,4H2,1-3H3,(H,26,27,28,29,30). The van der Waals surface area contributed by atoms with Gasteiger partial charge in [-0.25, -0.2) is 24.6 Å². The first kappa shape index (κ1) is 19.8. The first-order valence-electron chi connectivity index (χ1n) is 10.6. The van der Waals surface area contributed by atoms with Crippen molar-refractivity contribution in [3.63, 3.8) is 0 Å². The number of benzene rings is 2. The number of para-hydroxylation sites is 1. The van der Waals surface area contributed by atoms with Gasteiger partial charge in [0.1, 0.15) is 0 Å². The molecule has 0 amide bonds. The van der Waals surface area contributed by atoms with E-state index in [1.54, 1.807) is 6.20 Å². The molecule has 7 heteroatoms. The van der Waals surface area contributed by atoms with Crippen LogP contribution in [0, 0.1) is 13.8 Å². The zero-order valence-electron chi connectivity index (χ0n) is 18.2. The summed E-state index contributed by atoms with van der Waals surface area (Å²) in [5.74, 6) is 0.923. The van der Waals surface area contributed by atoms with Gasteiger partial charge in [0, 0.05) is 23.3 Å². The van der Waals surface area contributed by atoms with E-state index in [2.05, 4.69) is 49.4 Å². The van der Waals surface area contributed by atoms with Gasteiger partial charge in [-0.05, 0) is 56.2 Å². The fraction of sp³-hybridized carbons (Fsp3) is 0.160. The lowest BCUT2D eigenvalue weighted by atomic mass is 10.1. The van der Waals surface area contributed by atoms with Crippen LogP contribution < -0.4 is 5.32 Å². The van der Waals surface area contributed by atoms with E-state index in [1.165, 1.54) is 5.56 Å². The minimum absolute atomic E-state index is 0.443. The second kappa shape index (κ2) is 8.19. The second-order valence-corrected chi connectivity index (χ2v) is 7.64. The summed E-state index contributed by atoms with van der Waals surface area (Å²) in [4.78, 5) is 18.3. The van der Waals surface area contributed by atoms with Crippen LogP contribution in [0.2, 0.25) is 0 Å². The molecule has 0 atom stereocenters. The highest BCUT2D eigenvalue weighted by molar-refractivity contribution is 5.82. The van der Waals surface area contributed by atoms with E-state index >= 15 is 0 Å². The fourth-order valence-corrected chi connectivity index (χ4v) is 3.70. The van der Waals surface area contributed by atoms with Crippen LogP contribution in [0.15, 0.2) is 67.0 Å². The second-order valence-electron chi connectivity index (χ2n) is 7.64. The molecule has 3 heterocycles. The van der Waals surface area contributed by atoms with Crippen LogP contribution >= 0.6 is 0 Å². The molecule has 0 spiro atoms. The zero-order valence-corrected chi connectivity index (χ0v) is 18.2. The lowest BCUT2D eigenvalue weighted by Gasteiger charge is -2.08. The van der Waals surface area contributed by atoms with Crippen LogP contribution in [0.4, 0.5) is 11.9 Å². The molecular weight excluding hydrogens is 398 g/mol. The lowest BCUT2D eigenvalue weighted by Crippen LogP contribution is -2.03. The Morgan fingerprint density at radius 1 is 0.875 bits per heavy atom. The number of fused-ring (bicyclic) bond motifs is 1. The molecule has 0 bridgehead atoms. The van der Waals surface area contributed by atoms with E-state index in [4.69, 9.17) is 0 Å². The van der Waals surface area contributed by atoms with Crippen molar-refractivity contribution in [3.8, 4) is 16.9 Å². The van der Waals surface area contributed by atoms with E-state index in [9.17, 15) is 0 Å². The first-order valence-corrected chi connectivity index (χ1v) is 10.6. The van der Waals surface area contributed by atoms with E-state index in [0.29, 0.717) is 11.9 Å². The van der Waals surface area contributed by atoms with E-state index < -0.39 is 0 Å². The average Bonchev–Trinajstić information content (AvgIpc) is 3.21. The molecule has 0 saturated carbocycles. The van der Waals surface area contributed by atoms with Crippen LogP contribution in [-0.2, 0) is 6.42 Å². The number of anilines is 2. The van der Waals surface area contributed by atoms with E-state index in [1.807, 2.05) is 67.2 Å². The van der Waals surface area contributed by atoms with E-state index in [-0.39, 0.29) is 0 Å². The zero-order chi connectivity index (χ0) is 22.1. The van der Waals surface area contributed by atoms with Gasteiger partial charge in [0.05, 0.1) is 28.3 Å². The molecule has 3 aromatic heterocycles. The third-order valence-corrected chi connectivity index (χ3v) is 5.43. The van der Waals surface area contributed by atoms with Gasteiger partial charge in [0.2, 0.25) is 11.9 Å². The van der Waals surface area contributed by atoms with Crippen molar-refractivity contribution < 1.29 is 0 Å². The van der Waals surface area contributed by atoms with Crippen molar-refractivity contribution in [1.29, 1.82) is 0 Å². The van der Waals surface area contributed by atoms with Crippen LogP contribution in [0.1, 0.15) is 23.9 Å². The normalized spacial score (nSPS) is 11.1. The molecule has 5 aromatic rings. The molecule has 1 N–H and O–H groups in total. The van der Waals surface area contributed by atoms with Gasteiger partial charge in [-0.2, -0.15) is 5.10 Å². The summed E-state index contributed by atoms with van der Waals surface area (Å²) < 4.78 is 1.86. The van der Waals surface area contributed by atoms with Gasteiger partial charge >= 0.3 is 0 Å². The summed E-state index contributed by atoms with van der Waals surface area (Å²) >= 11 is 0. The summed E-state index contributed by atoms with van der Waals surface area (Å²) in [6, 6.07) is 18.2. The molecule has 0 aliphatic rings. The van der Waals surface area contributed by atoms with Gasteiger partial charge in [-0.15, -0.1) is 0 Å². The highest BCUT2D eigenvalue weighted by Gasteiger charge is 2.12. The van der Waals surface area contributed by atoms with Crippen molar-refractivity contribution in [2.75, 3.05) is 5.32 Å². The quantitative estimate of drug-likeness (QED) is 0.420. The Kier molecular flexibility index (Phi) is 5.07. The third-order valence-electron chi connectivity index (χ3n) is 5.43. The number of nitrogens with zero attached hydrogens (tertiary/aromatic N) is 6. The highest BCUT2D eigenvalue weighted by Crippen LogP contribution is 2.24. The van der Waals surface area contributed by atoms with E-state index in [0.717, 1.165) is 45.7 Å². The molecular formula is C25H23N7. The van der Waals surface area contributed by atoms with Crippen LogP contribution in [0.5, 0.6) is 0 Å². The molecule has 32 heavy (non-hydrogen) atoms. The van der Waals surface area contributed by atoms with Crippen molar-refractivity contribution in [2.24, 2.45) is 0 Å². The Balaban J connectivity index is 1.46. The Labute approximate surface area is 186 Å². The molecule has 0 aliphatic carbocycles. The summed E-state index contributed by atoms with van der Waals surface area (Å²) in [6.45, 7) is 6.11. The average molecular weight is 422 g/mol. The monoisotopic (exact) mass is 421 g/mol. The summed E-state index contributed by atoms with van der Waals surface area (Å²) in [7, 11) is 0. The molecule has 0 saturated heterocycles. The lowest BCUT2D eigenvalue weighted by molar-refractivity contribution is 0.863. The predicted octanol–water partition coefficient (Wildman–Crippen LogP) is 5.20. The number of rotatable bonds is 5. The van der Waals surface area contributed by atoms with Gasteiger partial charge in [0.15, 0.2) is 0 Å². The molecule has 0 unspecified atom stereocenters. The van der Waals surface area contributed by atoms with Gasteiger partial charge in [-0.1, -0.05) is 31.2 Å². The Morgan fingerprint density at radius 3 is 2.53 bits per heavy atom. The topological polar surface area (TPSA) is 81.4 Å². The summed E-state index contributed by atoms with van der Waals surface area (Å²) in [6.07, 6.45) is 4.69. The minimum Gasteiger partial charge on any atom is -0.293 e. The number of aromatic nitrogens is 6. The van der Waals surface area contributed by atoms with Crippen molar-refractivity contribution in [2.45, 2.75) is 27.2 Å². The number of nitrogens with one attached hydrogen (secondary N) is 1. The largest absolute Gasteiger partial charge is 0.293 e. The third kappa shape index (κ3) is 3.80. The van der Waals surface area contributed by atoms with Gasteiger partial charge in [-0.3, -0.25) is 5.32 Å². The van der Waals surface area contributed by atoms with Gasteiger partial charge < -0.3 is 0 Å². The van der Waals surface area contributed by atoms with Crippen molar-refractivity contribution in [1.82, 2.24) is 29.7 Å². The highest BCUT2D eigenvalue weighted by atomic mass is 15.3. The Hall–Kier alpha value is -4.13. The molecule has 0 fully saturated rings. The maximum Gasteiger partial charge on any atom is 0.230 e. The van der Waals surface area contributed by atoms with Crippen LogP contribution in [-0.4, -0.2) is 29.7 Å². The number of aryl methyl sites for hydroxylation is 3. The number of hydrogen-bond acceptors (Lipinski definition) is 6. The number of hydrogen-bond donors (Lipinski definition) is 1. The Bertz CT molecular complexity index is 1410. The maximum atomic E-state index is 4.69. The smallest absolute Gasteiger partial charge is 0.230 e. The SMILES string of the molecule is CCc1ccc2nc(Nc3nccc(-c4cn(-c5ccccc5)nc4C)n3)nc(C)c2c1. The fourth-order valence-electron chi connectivity index (χ4n) is 3.70. The minimum atomic E-state index is 0.443. The maximum absolute atomic E-state index is 4.69. The Morgan fingerprint density at radius 2 is 1.72 bits per heavy atom. The molecule has 158 valence electrons. The summed E-state index contributed by atoms with van der Waals surface area (Å²) in [5.41, 5.74) is 6.71. The van der Waals surface area contributed by atoms with Crippen molar-refractivity contribution in [3.05, 3.63) is 83.9 Å². The summed E-state index contributed by atoms with van der Waals surface area (Å²) in [5, 5.41) is 8.87. The van der Waals surface area contributed by atoms with Crippen LogP contribution in [0.25, 0.3) is 27.8 Å². The molecule has 0 radical (unpaired) electrons. The van der Waals surface area contributed by atoms with Crippen molar-refractivity contribution >= 4 is 22.8 Å². The van der Waals surface area contributed by atoms with Crippen LogP contribution in [0.3, 0.4) is 0 Å². The molecule has 2 aromatic carbocycles. The predicted molar refractivity (Wildman–Crippen MR) is 126 cm³/mol. The molecule has 7 nitrogen and oxygen atoms in total. The van der Waals surface area contributed by atoms with Gasteiger partial charge in [0.25, 0.3) is 0 Å².